The highest BCUT2D eigenvalue weighted by atomic mass is 16.6. The average molecular weight is 460 g/mol. The quantitative estimate of drug-likeness (QED) is 0.210. The van der Waals surface area contributed by atoms with E-state index in [1.165, 1.54) is 25.5 Å². The fourth-order valence-electron chi connectivity index (χ4n) is 3.07. The predicted octanol–water partition coefficient (Wildman–Crippen LogP) is 4.06. The Bertz CT molecular complexity index is 1210. The maximum Gasteiger partial charge on any atom is 0.349 e. The number of hydrogen-bond donors (Lipinski definition) is 1. The molecular weight excluding hydrogens is 436 g/mol. The molecule has 8 heteroatoms. The summed E-state index contributed by atoms with van der Waals surface area (Å²) in [4.78, 5) is 24.6. The van der Waals surface area contributed by atoms with E-state index in [1.807, 2.05) is 31.2 Å². The fourth-order valence-corrected chi connectivity index (χ4v) is 3.07. The van der Waals surface area contributed by atoms with E-state index in [1.54, 1.807) is 30.3 Å². The number of nitriles is 1. The lowest BCUT2D eigenvalue weighted by Gasteiger charge is -2.12. The lowest BCUT2D eigenvalue weighted by Crippen LogP contribution is -2.23. The van der Waals surface area contributed by atoms with Gasteiger partial charge in [0, 0.05) is 0 Å². The van der Waals surface area contributed by atoms with Crippen LogP contribution in [0.3, 0.4) is 0 Å². The molecule has 0 saturated heterocycles. The molecule has 0 aliphatic carbocycles. The molecule has 0 fully saturated rings. The highest BCUT2D eigenvalue weighted by Crippen LogP contribution is 2.29. The summed E-state index contributed by atoms with van der Waals surface area (Å²) in [6.07, 6.45) is 3.69. The molecule has 0 atom stereocenters. The smallest absolute Gasteiger partial charge is 0.349 e. The third kappa shape index (κ3) is 6.50. The Hall–Kier alpha value is -4.51. The van der Waals surface area contributed by atoms with E-state index < -0.39 is 11.9 Å². The molecule has 3 aromatic rings. The molecule has 174 valence electrons. The first kappa shape index (κ1) is 24.1. The molecule has 1 heterocycles. The van der Waals surface area contributed by atoms with Gasteiger partial charge in [-0.15, -0.1) is 0 Å². The van der Waals surface area contributed by atoms with Crippen LogP contribution in [0.4, 0.5) is 0 Å². The molecule has 0 aliphatic heterocycles. The van der Waals surface area contributed by atoms with Crippen molar-refractivity contribution in [1.29, 1.82) is 5.26 Å². The third-order valence-corrected chi connectivity index (χ3v) is 4.79. The Kier molecular flexibility index (Phi) is 8.47. The van der Waals surface area contributed by atoms with Crippen molar-refractivity contribution in [2.24, 2.45) is 0 Å². The number of amides is 1. The van der Waals surface area contributed by atoms with Gasteiger partial charge < -0.3 is 23.9 Å². The molecule has 0 bridgehead atoms. The second kappa shape index (κ2) is 11.9. The molecule has 3 rings (SSSR count). The molecule has 0 spiro atoms. The predicted molar refractivity (Wildman–Crippen MR) is 124 cm³/mol. The van der Waals surface area contributed by atoms with E-state index in [2.05, 4.69) is 5.32 Å². The van der Waals surface area contributed by atoms with Crippen molar-refractivity contribution in [3.8, 4) is 23.3 Å². The summed E-state index contributed by atoms with van der Waals surface area (Å²) in [5, 5.41) is 12.0. The van der Waals surface area contributed by atoms with Gasteiger partial charge in [-0.1, -0.05) is 31.2 Å². The van der Waals surface area contributed by atoms with Gasteiger partial charge in [-0.05, 0) is 54.0 Å². The van der Waals surface area contributed by atoms with Gasteiger partial charge in [0.05, 0.1) is 19.9 Å². The highest BCUT2D eigenvalue weighted by molar-refractivity contribution is 6.01. The number of nitrogens with zero attached hydrogens (tertiary/aromatic N) is 1. The third-order valence-electron chi connectivity index (χ3n) is 4.79. The average Bonchev–Trinajstić information content (AvgIpc) is 3.39. The van der Waals surface area contributed by atoms with Crippen LogP contribution in [0.2, 0.25) is 0 Å². The van der Waals surface area contributed by atoms with E-state index in [-0.39, 0.29) is 30.2 Å². The van der Waals surface area contributed by atoms with Gasteiger partial charge in [0.15, 0.2) is 18.1 Å². The van der Waals surface area contributed by atoms with E-state index in [4.69, 9.17) is 18.6 Å². The summed E-state index contributed by atoms with van der Waals surface area (Å²) in [6, 6.07) is 17.5. The van der Waals surface area contributed by atoms with Crippen molar-refractivity contribution < 1.29 is 28.2 Å². The van der Waals surface area contributed by atoms with Crippen LogP contribution in [0.1, 0.15) is 23.8 Å². The molecule has 1 amide bonds. The van der Waals surface area contributed by atoms with Crippen molar-refractivity contribution in [2.45, 2.75) is 19.9 Å². The first-order valence-corrected chi connectivity index (χ1v) is 10.6. The highest BCUT2D eigenvalue weighted by Gasteiger charge is 2.14. The first-order valence-electron chi connectivity index (χ1n) is 10.6. The lowest BCUT2D eigenvalue weighted by atomic mass is 10.1. The molecule has 1 aromatic heterocycles. The van der Waals surface area contributed by atoms with Crippen LogP contribution in [0.25, 0.3) is 6.08 Å². The normalized spacial score (nSPS) is 10.8. The Labute approximate surface area is 197 Å². The van der Waals surface area contributed by atoms with Crippen LogP contribution in [0.15, 0.2) is 70.9 Å². The number of para-hydroxylation sites is 1. The zero-order valence-electron chi connectivity index (χ0n) is 18.9. The van der Waals surface area contributed by atoms with Crippen molar-refractivity contribution in [3.63, 3.8) is 0 Å². The summed E-state index contributed by atoms with van der Waals surface area (Å²) in [7, 11) is 1.43. The fraction of sp³-hybridized carbons (Fsp3) is 0.192. The van der Waals surface area contributed by atoms with E-state index in [0.717, 1.165) is 12.0 Å². The molecule has 34 heavy (non-hydrogen) atoms. The van der Waals surface area contributed by atoms with Crippen molar-refractivity contribution in [3.05, 3.63) is 83.3 Å². The minimum absolute atomic E-state index is 0.0960. The number of methoxy groups -OCH3 is 1. The minimum atomic E-state index is -0.595. The van der Waals surface area contributed by atoms with Crippen molar-refractivity contribution in [1.82, 2.24) is 5.32 Å². The topological polar surface area (TPSA) is 111 Å². The number of carbonyl (C=O) groups excluding carboxylic acids is 2. The Morgan fingerprint density at radius 1 is 1.09 bits per heavy atom. The molecular formula is C26H24N2O6. The van der Waals surface area contributed by atoms with E-state index >= 15 is 0 Å². The van der Waals surface area contributed by atoms with Crippen molar-refractivity contribution in [2.75, 3.05) is 13.7 Å². The summed E-state index contributed by atoms with van der Waals surface area (Å²) in [5.74, 6) is 0.520. The maximum absolute atomic E-state index is 12.3. The van der Waals surface area contributed by atoms with Gasteiger partial charge in [-0.25, -0.2) is 4.79 Å². The van der Waals surface area contributed by atoms with E-state index in [0.29, 0.717) is 17.1 Å². The molecule has 0 radical (unpaired) electrons. The van der Waals surface area contributed by atoms with Crippen LogP contribution >= 0.6 is 0 Å². The van der Waals surface area contributed by atoms with Gasteiger partial charge in [-0.3, -0.25) is 4.79 Å². The number of benzene rings is 2. The number of esters is 1. The molecule has 8 nitrogen and oxygen atoms in total. The van der Waals surface area contributed by atoms with Gasteiger partial charge >= 0.3 is 5.97 Å². The van der Waals surface area contributed by atoms with Crippen LogP contribution in [0, 0.1) is 11.3 Å². The standard InChI is InChI=1S/C26H24N2O6/c1-3-19-7-4-5-9-22(19)33-17-25(29)34-23-11-10-18(14-24(23)31-2)13-20(15-27)26(30)28-16-21-8-6-12-32-21/h4-14H,3,16-17H2,1-2H3,(H,28,30)/b20-13+. The summed E-state index contributed by atoms with van der Waals surface area (Å²) in [6.45, 7) is 1.89. The Balaban J connectivity index is 1.65. The zero-order valence-corrected chi connectivity index (χ0v) is 18.9. The van der Waals surface area contributed by atoms with Crippen molar-refractivity contribution >= 4 is 18.0 Å². The number of ether oxygens (including phenoxy) is 3. The molecule has 2 aromatic carbocycles. The number of carbonyl (C=O) groups is 2. The molecule has 1 N–H and O–H groups in total. The second-order valence-corrected chi connectivity index (χ2v) is 7.07. The van der Waals surface area contributed by atoms with Crippen LogP contribution in [-0.4, -0.2) is 25.6 Å². The molecule has 0 saturated carbocycles. The van der Waals surface area contributed by atoms with E-state index in [9.17, 15) is 14.9 Å². The summed E-state index contributed by atoms with van der Waals surface area (Å²) in [5.41, 5.74) is 1.42. The van der Waals surface area contributed by atoms with Gasteiger partial charge in [-0.2, -0.15) is 5.26 Å². The molecule has 0 aliphatic rings. The number of rotatable bonds is 10. The monoisotopic (exact) mass is 460 g/mol. The first-order chi connectivity index (χ1) is 16.5. The van der Waals surface area contributed by atoms with Gasteiger partial charge in [0.2, 0.25) is 0 Å². The minimum Gasteiger partial charge on any atom is -0.493 e. The van der Waals surface area contributed by atoms with Crippen LogP contribution in [-0.2, 0) is 22.6 Å². The number of hydrogen-bond acceptors (Lipinski definition) is 7. The van der Waals surface area contributed by atoms with Crippen LogP contribution < -0.4 is 19.5 Å². The Morgan fingerprint density at radius 2 is 1.91 bits per heavy atom. The summed E-state index contributed by atoms with van der Waals surface area (Å²) < 4.78 is 21.4. The zero-order chi connectivity index (χ0) is 24.3. The SMILES string of the molecule is CCc1ccccc1OCC(=O)Oc1ccc(/C=C(\C#N)C(=O)NCc2ccco2)cc1OC. The maximum atomic E-state index is 12.3. The van der Waals surface area contributed by atoms with Gasteiger partial charge in [0.25, 0.3) is 5.91 Å². The number of nitrogens with one attached hydrogen (secondary N) is 1. The summed E-state index contributed by atoms with van der Waals surface area (Å²) >= 11 is 0. The largest absolute Gasteiger partial charge is 0.493 e. The lowest BCUT2D eigenvalue weighted by molar-refractivity contribution is -0.136. The molecule has 0 unspecified atom stereocenters. The van der Waals surface area contributed by atoms with Crippen LogP contribution in [0.5, 0.6) is 17.2 Å². The number of furan rings is 1. The Morgan fingerprint density at radius 3 is 2.62 bits per heavy atom. The second-order valence-electron chi connectivity index (χ2n) is 7.07. The van der Waals surface area contributed by atoms with Gasteiger partial charge in [0.1, 0.15) is 23.2 Å². The number of aryl methyl sites for hydroxylation is 1.